The van der Waals surface area contributed by atoms with Crippen LogP contribution in [0.5, 0.6) is 11.5 Å². The molecule has 1 saturated heterocycles. The second kappa shape index (κ2) is 7.12. The van der Waals surface area contributed by atoms with Crippen molar-refractivity contribution in [2.45, 2.75) is 44.6 Å². The minimum Gasteiger partial charge on any atom is -0.454 e. The van der Waals surface area contributed by atoms with E-state index in [9.17, 15) is 0 Å². The van der Waals surface area contributed by atoms with Crippen LogP contribution in [0.2, 0.25) is 0 Å². The Balaban J connectivity index is 1.56. The maximum atomic E-state index is 5.82. The first-order valence-corrected chi connectivity index (χ1v) is 8.91. The summed E-state index contributed by atoms with van der Waals surface area (Å²) in [6.45, 7) is 9.21. The summed E-state index contributed by atoms with van der Waals surface area (Å²) in [5.74, 6) is 2.43. The van der Waals surface area contributed by atoms with Crippen LogP contribution in [-0.4, -0.2) is 45.1 Å². The van der Waals surface area contributed by atoms with Crippen molar-refractivity contribution >= 4 is 5.96 Å². The number of guanidine groups is 1. The van der Waals surface area contributed by atoms with Gasteiger partial charge in [-0.3, -0.25) is 4.99 Å². The number of hydrogen-bond donors (Lipinski definition) is 2. The fourth-order valence-corrected chi connectivity index (χ4v) is 3.19. The molecule has 0 spiro atoms. The Labute approximate surface area is 149 Å². The number of hydrogen-bond acceptors (Lipinski definition) is 4. The Hall–Kier alpha value is -1.95. The molecular formula is C19H29N3O3. The van der Waals surface area contributed by atoms with Crippen molar-refractivity contribution in [1.82, 2.24) is 10.6 Å². The number of benzene rings is 1. The molecule has 2 heterocycles. The maximum absolute atomic E-state index is 5.82. The fourth-order valence-electron chi connectivity index (χ4n) is 3.19. The third kappa shape index (κ3) is 4.18. The molecule has 25 heavy (non-hydrogen) atoms. The van der Waals surface area contributed by atoms with Crippen LogP contribution in [0.3, 0.4) is 0 Å². The lowest BCUT2D eigenvalue weighted by Crippen LogP contribution is -2.48. The average molecular weight is 347 g/mol. The van der Waals surface area contributed by atoms with Crippen LogP contribution in [0, 0.1) is 0 Å². The Morgan fingerprint density at radius 1 is 1.24 bits per heavy atom. The van der Waals surface area contributed by atoms with Gasteiger partial charge in [0.2, 0.25) is 6.79 Å². The monoisotopic (exact) mass is 347 g/mol. The van der Waals surface area contributed by atoms with Gasteiger partial charge in [-0.2, -0.15) is 0 Å². The Morgan fingerprint density at radius 3 is 2.76 bits per heavy atom. The molecule has 138 valence electrons. The van der Waals surface area contributed by atoms with Crippen molar-refractivity contribution in [3.05, 3.63) is 23.8 Å². The van der Waals surface area contributed by atoms with Crippen LogP contribution in [0.4, 0.5) is 0 Å². The Bertz CT molecular complexity index is 637. The smallest absolute Gasteiger partial charge is 0.231 e. The van der Waals surface area contributed by atoms with Gasteiger partial charge in [-0.25, -0.2) is 0 Å². The molecule has 2 aliphatic heterocycles. The lowest BCUT2D eigenvalue weighted by molar-refractivity contribution is 0.0242. The molecular weight excluding hydrogens is 318 g/mol. The van der Waals surface area contributed by atoms with Crippen LogP contribution in [0.1, 0.15) is 39.2 Å². The van der Waals surface area contributed by atoms with E-state index in [2.05, 4.69) is 48.5 Å². The summed E-state index contributed by atoms with van der Waals surface area (Å²) in [5.41, 5.74) is 1.03. The van der Waals surface area contributed by atoms with E-state index in [1.54, 1.807) is 7.05 Å². The largest absolute Gasteiger partial charge is 0.454 e. The summed E-state index contributed by atoms with van der Waals surface area (Å²) in [7, 11) is 1.79. The lowest BCUT2D eigenvalue weighted by Gasteiger charge is -2.28. The first-order chi connectivity index (χ1) is 11.9. The summed E-state index contributed by atoms with van der Waals surface area (Å²) in [6.07, 6.45) is 2.21. The van der Waals surface area contributed by atoms with Gasteiger partial charge in [-0.1, -0.05) is 19.9 Å². The molecule has 0 bridgehead atoms. The SMILES string of the molecule is CN=C(NCC1(C)CCCO1)NCC(C)(C)c1ccc2c(c1)OCO2. The van der Waals surface area contributed by atoms with Crippen molar-refractivity contribution in [2.75, 3.05) is 33.5 Å². The number of ether oxygens (including phenoxy) is 3. The molecule has 0 radical (unpaired) electrons. The van der Waals surface area contributed by atoms with E-state index < -0.39 is 0 Å². The van der Waals surface area contributed by atoms with Crippen molar-refractivity contribution < 1.29 is 14.2 Å². The zero-order valence-electron chi connectivity index (χ0n) is 15.6. The summed E-state index contributed by atoms with van der Waals surface area (Å²) in [5, 5.41) is 6.82. The molecule has 0 aliphatic carbocycles. The van der Waals surface area contributed by atoms with Crippen LogP contribution in [-0.2, 0) is 10.2 Å². The molecule has 6 heteroatoms. The van der Waals surface area contributed by atoms with Crippen molar-refractivity contribution in [3.8, 4) is 11.5 Å². The predicted molar refractivity (Wildman–Crippen MR) is 98.5 cm³/mol. The van der Waals surface area contributed by atoms with Crippen molar-refractivity contribution in [1.29, 1.82) is 0 Å². The van der Waals surface area contributed by atoms with E-state index in [-0.39, 0.29) is 11.0 Å². The molecule has 2 N–H and O–H groups in total. The molecule has 1 unspecified atom stereocenters. The van der Waals surface area contributed by atoms with Gasteiger partial charge < -0.3 is 24.8 Å². The summed E-state index contributed by atoms with van der Waals surface area (Å²) in [6, 6.07) is 6.14. The number of fused-ring (bicyclic) bond motifs is 1. The zero-order chi connectivity index (χ0) is 17.9. The van der Waals surface area contributed by atoms with E-state index in [4.69, 9.17) is 14.2 Å². The first kappa shape index (κ1) is 17.9. The van der Waals surface area contributed by atoms with E-state index in [0.29, 0.717) is 6.79 Å². The van der Waals surface area contributed by atoms with E-state index in [0.717, 1.165) is 50.0 Å². The highest BCUT2D eigenvalue weighted by Gasteiger charge is 2.30. The van der Waals surface area contributed by atoms with Crippen LogP contribution in [0.25, 0.3) is 0 Å². The highest BCUT2D eigenvalue weighted by atomic mass is 16.7. The van der Waals surface area contributed by atoms with Gasteiger partial charge >= 0.3 is 0 Å². The summed E-state index contributed by atoms with van der Waals surface area (Å²) in [4.78, 5) is 4.33. The molecule has 6 nitrogen and oxygen atoms in total. The van der Waals surface area contributed by atoms with Gasteiger partial charge in [0.05, 0.1) is 5.60 Å². The third-order valence-corrected chi connectivity index (χ3v) is 5.01. The van der Waals surface area contributed by atoms with Crippen molar-refractivity contribution in [2.24, 2.45) is 4.99 Å². The van der Waals surface area contributed by atoms with Crippen LogP contribution in [0.15, 0.2) is 23.2 Å². The van der Waals surface area contributed by atoms with Gasteiger partial charge in [0.25, 0.3) is 0 Å². The molecule has 0 saturated carbocycles. The van der Waals surface area contributed by atoms with Gasteiger partial charge in [0, 0.05) is 32.2 Å². The maximum Gasteiger partial charge on any atom is 0.231 e. The van der Waals surface area contributed by atoms with Crippen molar-refractivity contribution in [3.63, 3.8) is 0 Å². The molecule has 1 aromatic carbocycles. The highest BCUT2D eigenvalue weighted by molar-refractivity contribution is 5.79. The molecule has 1 fully saturated rings. The predicted octanol–water partition coefficient (Wildman–Crippen LogP) is 2.43. The normalized spacial score (nSPS) is 23.0. The summed E-state index contributed by atoms with van der Waals surface area (Å²) >= 11 is 0. The topological polar surface area (TPSA) is 64.1 Å². The Kier molecular flexibility index (Phi) is 5.08. The second-order valence-corrected chi connectivity index (χ2v) is 7.63. The Morgan fingerprint density at radius 2 is 2.04 bits per heavy atom. The van der Waals surface area contributed by atoms with Gasteiger partial charge in [-0.05, 0) is 37.5 Å². The number of rotatable bonds is 5. The average Bonchev–Trinajstić information content (AvgIpc) is 3.23. The van der Waals surface area contributed by atoms with Gasteiger partial charge in [0.15, 0.2) is 17.5 Å². The fraction of sp³-hybridized carbons (Fsp3) is 0.632. The molecule has 3 rings (SSSR count). The molecule has 2 aliphatic rings. The lowest BCUT2D eigenvalue weighted by atomic mass is 9.84. The summed E-state index contributed by atoms with van der Waals surface area (Å²) < 4.78 is 16.7. The van der Waals surface area contributed by atoms with E-state index in [1.165, 1.54) is 5.56 Å². The number of aliphatic imine (C=N–C) groups is 1. The standard InChI is InChI=1S/C19H29N3O3/c1-18(2,14-6-7-15-16(10-14)24-13-23-15)11-21-17(20-4)22-12-19(3)8-5-9-25-19/h6-7,10H,5,8-9,11-13H2,1-4H3,(H2,20,21,22). The van der Waals surface area contributed by atoms with Crippen LogP contribution >= 0.6 is 0 Å². The molecule has 0 amide bonds. The second-order valence-electron chi connectivity index (χ2n) is 7.63. The van der Waals surface area contributed by atoms with Gasteiger partial charge in [-0.15, -0.1) is 0 Å². The molecule has 1 atom stereocenters. The van der Waals surface area contributed by atoms with E-state index >= 15 is 0 Å². The quantitative estimate of drug-likeness (QED) is 0.633. The zero-order valence-corrected chi connectivity index (χ0v) is 15.6. The minimum absolute atomic E-state index is 0.0770. The minimum atomic E-state index is -0.0928. The van der Waals surface area contributed by atoms with Crippen LogP contribution < -0.4 is 20.1 Å². The number of nitrogens with one attached hydrogen (secondary N) is 2. The van der Waals surface area contributed by atoms with Gasteiger partial charge in [0.1, 0.15) is 0 Å². The molecule has 1 aromatic rings. The highest BCUT2D eigenvalue weighted by Crippen LogP contribution is 2.36. The van der Waals surface area contributed by atoms with E-state index in [1.807, 2.05) is 6.07 Å². The molecule has 0 aromatic heterocycles. The third-order valence-electron chi connectivity index (χ3n) is 5.01. The first-order valence-electron chi connectivity index (χ1n) is 8.91. The number of nitrogens with zero attached hydrogens (tertiary/aromatic N) is 1.